The number of carbonyl (C=O) groups excluding carboxylic acids is 1. The van der Waals surface area contributed by atoms with Crippen LogP contribution in [0, 0.1) is 24.5 Å². The molecular weight excluding hydrogens is 344 g/mol. The number of halogens is 2. The van der Waals surface area contributed by atoms with Crippen molar-refractivity contribution < 1.29 is 23.5 Å². The number of nitrogens with zero attached hydrogens (tertiary/aromatic N) is 3. The fourth-order valence-corrected chi connectivity index (χ4v) is 3.22. The molecule has 1 aromatic heterocycles. The first-order valence-electron chi connectivity index (χ1n) is 8.34. The van der Waals surface area contributed by atoms with Crippen molar-refractivity contribution in [3.05, 3.63) is 47.3 Å². The van der Waals surface area contributed by atoms with Crippen LogP contribution in [0.25, 0.3) is 5.69 Å². The smallest absolute Gasteiger partial charge is 0.308 e. The average Bonchev–Trinajstić information content (AvgIpc) is 2.95. The minimum atomic E-state index is -0.939. The van der Waals surface area contributed by atoms with Crippen molar-refractivity contribution in [3.8, 4) is 5.69 Å². The third-order valence-electron chi connectivity index (χ3n) is 4.76. The molecule has 1 N–H and O–H groups in total. The summed E-state index contributed by atoms with van der Waals surface area (Å²) in [4.78, 5) is 25.6. The minimum absolute atomic E-state index is 0.0607. The fourth-order valence-electron chi connectivity index (χ4n) is 3.22. The Kier molecular flexibility index (Phi) is 4.76. The third kappa shape index (κ3) is 3.18. The van der Waals surface area contributed by atoms with Gasteiger partial charge < -0.3 is 10.0 Å². The van der Waals surface area contributed by atoms with Gasteiger partial charge in [-0.25, -0.2) is 13.5 Å². The summed E-state index contributed by atoms with van der Waals surface area (Å²) in [5, 5.41) is 13.3. The highest BCUT2D eigenvalue weighted by atomic mass is 19.1. The maximum absolute atomic E-state index is 14.0. The molecule has 6 nitrogen and oxygen atoms in total. The summed E-state index contributed by atoms with van der Waals surface area (Å²) in [6.07, 6.45) is 2.47. The van der Waals surface area contributed by atoms with Crippen molar-refractivity contribution >= 4 is 11.9 Å². The lowest BCUT2D eigenvalue weighted by molar-refractivity contribution is -0.143. The van der Waals surface area contributed by atoms with Gasteiger partial charge in [-0.2, -0.15) is 5.10 Å². The SMILES string of the molecule is Cc1cn(-c2c(F)cccc2F)nc1C(=O)N1CC(C(=O)O)CCC1C. The Balaban J connectivity index is 1.94. The number of aryl methyl sites for hydroxylation is 1. The van der Waals surface area contributed by atoms with Crippen LogP contribution >= 0.6 is 0 Å². The summed E-state index contributed by atoms with van der Waals surface area (Å²) in [7, 11) is 0. The Morgan fingerprint density at radius 2 is 1.88 bits per heavy atom. The zero-order valence-electron chi connectivity index (χ0n) is 14.4. The van der Waals surface area contributed by atoms with Crippen molar-refractivity contribution in [3.63, 3.8) is 0 Å². The van der Waals surface area contributed by atoms with Crippen molar-refractivity contribution in [2.75, 3.05) is 6.54 Å². The van der Waals surface area contributed by atoms with Crippen LogP contribution in [0.15, 0.2) is 24.4 Å². The van der Waals surface area contributed by atoms with E-state index in [0.29, 0.717) is 18.4 Å². The van der Waals surface area contributed by atoms with Gasteiger partial charge >= 0.3 is 5.97 Å². The Morgan fingerprint density at radius 3 is 2.50 bits per heavy atom. The molecule has 1 saturated heterocycles. The van der Waals surface area contributed by atoms with E-state index < -0.39 is 29.4 Å². The highest BCUT2D eigenvalue weighted by molar-refractivity contribution is 5.94. The molecule has 0 aliphatic carbocycles. The molecule has 1 aliphatic rings. The number of carboxylic acids is 1. The predicted molar refractivity (Wildman–Crippen MR) is 89.1 cm³/mol. The second-order valence-corrected chi connectivity index (χ2v) is 6.59. The molecule has 0 bridgehead atoms. The van der Waals surface area contributed by atoms with Gasteiger partial charge in [0.25, 0.3) is 5.91 Å². The van der Waals surface area contributed by atoms with Crippen LogP contribution in [0.1, 0.15) is 35.8 Å². The molecule has 1 fully saturated rings. The van der Waals surface area contributed by atoms with E-state index in [2.05, 4.69) is 5.10 Å². The Bertz CT molecular complexity index is 845. The standard InChI is InChI=1S/C18H19F2N3O3/c1-10-8-23(16-13(19)4-3-5-14(16)20)21-15(10)17(24)22-9-12(18(25)26)7-6-11(22)2/h3-5,8,11-12H,6-7,9H2,1-2H3,(H,25,26). The topological polar surface area (TPSA) is 75.4 Å². The number of carbonyl (C=O) groups is 2. The second kappa shape index (κ2) is 6.86. The molecule has 1 aliphatic heterocycles. The molecule has 1 amide bonds. The average molecular weight is 363 g/mol. The van der Waals surface area contributed by atoms with Gasteiger partial charge in [0.15, 0.2) is 17.3 Å². The predicted octanol–water partition coefficient (Wildman–Crippen LogP) is 2.78. The number of benzene rings is 1. The number of aliphatic carboxylic acids is 1. The largest absolute Gasteiger partial charge is 0.481 e. The molecule has 3 rings (SSSR count). The Labute approximate surface area is 149 Å². The number of likely N-dealkylation sites (tertiary alicyclic amines) is 1. The van der Waals surface area contributed by atoms with Gasteiger partial charge in [0.05, 0.1) is 5.92 Å². The number of carboxylic acid groups (broad SMARTS) is 1. The number of piperidine rings is 1. The first-order valence-corrected chi connectivity index (χ1v) is 8.34. The Morgan fingerprint density at radius 1 is 1.23 bits per heavy atom. The minimum Gasteiger partial charge on any atom is -0.481 e. The van der Waals surface area contributed by atoms with E-state index in [1.807, 2.05) is 6.92 Å². The highest BCUT2D eigenvalue weighted by Crippen LogP contribution is 2.25. The lowest BCUT2D eigenvalue weighted by Crippen LogP contribution is -2.47. The lowest BCUT2D eigenvalue weighted by atomic mass is 9.93. The number of hydrogen-bond donors (Lipinski definition) is 1. The van der Waals surface area contributed by atoms with Gasteiger partial charge in [0.1, 0.15) is 5.69 Å². The highest BCUT2D eigenvalue weighted by Gasteiger charge is 2.34. The lowest BCUT2D eigenvalue weighted by Gasteiger charge is -2.36. The van der Waals surface area contributed by atoms with Crippen LogP contribution in [0.5, 0.6) is 0 Å². The molecule has 2 atom stereocenters. The fraction of sp³-hybridized carbons (Fsp3) is 0.389. The van der Waals surface area contributed by atoms with Crippen LogP contribution in [-0.4, -0.2) is 44.3 Å². The van der Waals surface area contributed by atoms with Crippen molar-refractivity contribution in [2.45, 2.75) is 32.7 Å². The van der Waals surface area contributed by atoms with Gasteiger partial charge in [-0.3, -0.25) is 9.59 Å². The molecule has 0 spiro atoms. The molecule has 0 saturated carbocycles. The van der Waals surface area contributed by atoms with Crippen LogP contribution in [0.4, 0.5) is 8.78 Å². The van der Waals surface area contributed by atoms with E-state index in [1.165, 1.54) is 17.2 Å². The quantitative estimate of drug-likeness (QED) is 0.910. The van der Waals surface area contributed by atoms with E-state index in [-0.39, 0.29) is 24.0 Å². The number of aromatic nitrogens is 2. The molecule has 26 heavy (non-hydrogen) atoms. The Hall–Kier alpha value is -2.77. The summed E-state index contributed by atoms with van der Waals surface area (Å²) >= 11 is 0. The number of hydrogen-bond acceptors (Lipinski definition) is 3. The van der Waals surface area contributed by atoms with Gasteiger partial charge in [0.2, 0.25) is 0 Å². The molecule has 2 aromatic rings. The van der Waals surface area contributed by atoms with Crippen molar-refractivity contribution in [1.29, 1.82) is 0 Å². The van der Waals surface area contributed by atoms with E-state index in [0.717, 1.165) is 16.8 Å². The van der Waals surface area contributed by atoms with E-state index in [4.69, 9.17) is 0 Å². The third-order valence-corrected chi connectivity index (χ3v) is 4.76. The maximum Gasteiger partial charge on any atom is 0.308 e. The maximum atomic E-state index is 14.0. The van der Waals surface area contributed by atoms with Gasteiger partial charge in [-0.1, -0.05) is 6.07 Å². The van der Waals surface area contributed by atoms with Crippen LogP contribution in [-0.2, 0) is 4.79 Å². The molecule has 2 heterocycles. The van der Waals surface area contributed by atoms with Crippen LogP contribution in [0.2, 0.25) is 0 Å². The molecule has 2 unspecified atom stereocenters. The van der Waals surface area contributed by atoms with E-state index in [9.17, 15) is 23.5 Å². The van der Waals surface area contributed by atoms with Crippen LogP contribution < -0.4 is 0 Å². The molecule has 0 radical (unpaired) electrons. The summed E-state index contributed by atoms with van der Waals surface area (Å²) in [6, 6.07) is 3.34. The second-order valence-electron chi connectivity index (χ2n) is 6.59. The first-order chi connectivity index (χ1) is 12.3. The number of amides is 1. The van der Waals surface area contributed by atoms with E-state index in [1.54, 1.807) is 6.92 Å². The molecular formula is C18H19F2N3O3. The zero-order valence-corrected chi connectivity index (χ0v) is 14.4. The molecule has 1 aromatic carbocycles. The summed E-state index contributed by atoms with van der Waals surface area (Å²) in [5.41, 5.74) is 0.164. The van der Waals surface area contributed by atoms with Crippen molar-refractivity contribution in [2.24, 2.45) is 5.92 Å². The number of para-hydroxylation sites is 1. The number of rotatable bonds is 3. The van der Waals surface area contributed by atoms with Crippen LogP contribution in [0.3, 0.4) is 0 Å². The molecule has 138 valence electrons. The van der Waals surface area contributed by atoms with Gasteiger partial charge in [-0.05, 0) is 38.8 Å². The summed E-state index contributed by atoms with van der Waals surface area (Å²) in [6.45, 7) is 3.56. The van der Waals surface area contributed by atoms with Gasteiger partial charge in [0, 0.05) is 24.3 Å². The zero-order chi connectivity index (χ0) is 19.0. The monoisotopic (exact) mass is 363 g/mol. The normalized spacial score (nSPS) is 20.2. The molecule has 8 heteroatoms. The van der Waals surface area contributed by atoms with E-state index >= 15 is 0 Å². The van der Waals surface area contributed by atoms with Crippen molar-refractivity contribution in [1.82, 2.24) is 14.7 Å². The first kappa shape index (κ1) is 18.0. The summed E-state index contributed by atoms with van der Waals surface area (Å²) in [5.74, 6) is -3.57. The summed E-state index contributed by atoms with van der Waals surface area (Å²) < 4.78 is 29.0. The van der Waals surface area contributed by atoms with Gasteiger partial charge in [-0.15, -0.1) is 0 Å².